The number of aryl methyl sites for hydroxylation is 1. The second-order valence-corrected chi connectivity index (χ2v) is 6.24. The predicted molar refractivity (Wildman–Crippen MR) is 98.8 cm³/mol. The Morgan fingerprint density at radius 2 is 1.93 bits per heavy atom. The minimum atomic E-state index is -0.461. The summed E-state index contributed by atoms with van der Waals surface area (Å²) in [5.41, 5.74) is 3.76. The summed E-state index contributed by atoms with van der Waals surface area (Å²) in [6, 6.07) is 7.45. The van der Waals surface area contributed by atoms with Gasteiger partial charge >= 0.3 is 5.97 Å². The third-order valence-corrected chi connectivity index (χ3v) is 4.48. The Bertz CT molecular complexity index is 958. The number of carbonyl (C=O) groups is 2. The van der Waals surface area contributed by atoms with E-state index in [1.807, 2.05) is 31.2 Å². The molecule has 0 aliphatic rings. The number of methoxy groups -OCH3 is 1. The first-order chi connectivity index (χ1) is 12.9. The van der Waals surface area contributed by atoms with Crippen molar-refractivity contribution in [2.75, 3.05) is 7.11 Å². The van der Waals surface area contributed by atoms with Gasteiger partial charge in [-0.25, -0.2) is 14.5 Å². The Balaban J connectivity index is 1.75. The van der Waals surface area contributed by atoms with Gasteiger partial charge in [-0.05, 0) is 44.0 Å². The van der Waals surface area contributed by atoms with Crippen LogP contribution in [0.1, 0.15) is 50.6 Å². The van der Waals surface area contributed by atoms with Crippen molar-refractivity contribution in [2.24, 2.45) is 0 Å². The van der Waals surface area contributed by atoms with Crippen LogP contribution in [0.5, 0.6) is 0 Å². The van der Waals surface area contributed by atoms with Crippen molar-refractivity contribution in [1.82, 2.24) is 25.1 Å². The SMILES string of the molecule is COC(=O)c1c(C)[nH]c(C(=O)NC(C)c2ccc(-n3cncn3)cc2)c1C. The molecular formula is C19H21N5O3. The van der Waals surface area contributed by atoms with Gasteiger partial charge in [0, 0.05) is 5.69 Å². The van der Waals surface area contributed by atoms with Crippen LogP contribution in [0.4, 0.5) is 0 Å². The molecule has 0 fully saturated rings. The van der Waals surface area contributed by atoms with Crippen LogP contribution >= 0.6 is 0 Å². The lowest BCUT2D eigenvalue weighted by Gasteiger charge is -2.15. The van der Waals surface area contributed by atoms with Gasteiger partial charge in [-0.3, -0.25) is 4.79 Å². The van der Waals surface area contributed by atoms with E-state index in [-0.39, 0.29) is 11.9 Å². The van der Waals surface area contributed by atoms with Gasteiger partial charge in [0.05, 0.1) is 24.4 Å². The van der Waals surface area contributed by atoms with Crippen LogP contribution in [0.2, 0.25) is 0 Å². The van der Waals surface area contributed by atoms with Crippen LogP contribution in [0.25, 0.3) is 5.69 Å². The standard InChI is InChI=1S/C19H21N5O3/c1-11-16(19(26)27-4)13(3)22-17(11)18(25)23-12(2)14-5-7-15(8-6-14)24-10-20-9-21-24/h5-10,12,22H,1-4H3,(H,23,25). The number of esters is 1. The molecule has 140 valence electrons. The molecule has 0 saturated carbocycles. The highest BCUT2D eigenvalue weighted by atomic mass is 16.5. The fourth-order valence-electron chi connectivity index (χ4n) is 2.99. The smallest absolute Gasteiger partial charge is 0.339 e. The number of hydrogen-bond acceptors (Lipinski definition) is 5. The zero-order valence-corrected chi connectivity index (χ0v) is 15.6. The van der Waals surface area contributed by atoms with E-state index in [0.29, 0.717) is 22.5 Å². The Labute approximate surface area is 156 Å². The number of hydrogen-bond donors (Lipinski definition) is 2. The molecular weight excluding hydrogens is 346 g/mol. The molecule has 0 aliphatic carbocycles. The van der Waals surface area contributed by atoms with Gasteiger partial charge in [0.1, 0.15) is 18.3 Å². The lowest BCUT2D eigenvalue weighted by Crippen LogP contribution is -2.27. The zero-order valence-electron chi connectivity index (χ0n) is 15.6. The van der Waals surface area contributed by atoms with E-state index in [2.05, 4.69) is 20.4 Å². The maximum atomic E-state index is 12.7. The maximum Gasteiger partial charge on any atom is 0.339 e. The van der Waals surface area contributed by atoms with Crippen molar-refractivity contribution < 1.29 is 14.3 Å². The average molecular weight is 367 g/mol. The highest BCUT2D eigenvalue weighted by molar-refractivity contribution is 6.00. The van der Waals surface area contributed by atoms with Gasteiger partial charge in [-0.15, -0.1) is 0 Å². The number of rotatable bonds is 5. The number of carbonyl (C=O) groups excluding carboxylic acids is 2. The lowest BCUT2D eigenvalue weighted by molar-refractivity contribution is 0.0599. The number of nitrogens with zero attached hydrogens (tertiary/aromatic N) is 3. The van der Waals surface area contributed by atoms with Gasteiger partial charge in [-0.1, -0.05) is 12.1 Å². The van der Waals surface area contributed by atoms with Crippen molar-refractivity contribution in [3.05, 3.63) is 65.0 Å². The second-order valence-electron chi connectivity index (χ2n) is 6.24. The predicted octanol–water partition coefficient (Wildman–Crippen LogP) is 2.49. The molecule has 0 bridgehead atoms. The minimum Gasteiger partial charge on any atom is -0.465 e. The summed E-state index contributed by atoms with van der Waals surface area (Å²) in [5, 5.41) is 7.03. The highest BCUT2D eigenvalue weighted by Gasteiger charge is 2.23. The van der Waals surface area contributed by atoms with E-state index in [9.17, 15) is 9.59 Å². The van der Waals surface area contributed by atoms with E-state index < -0.39 is 5.97 Å². The summed E-state index contributed by atoms with van der Waals surface area (Å²) >= 11 is 0. The van der Waals surface area contributed by atoms with Crippen LogP contribution in [-0.4, -0.2) is 38.7 Å². The number of aromatic amines is 1. The number of aromatic nitrogens is 4. The molecule has 2 N–H and O–H groups in total. The Hall–Kier alpha value is -3.42. The van der Waals surface area contributed by atoms with E-state index >= 15 is 0 Å². The van der Waals surface area contributed by atoms with Gasteiger partial charge in [0.25, 0.3) is 5.91 Å². The van der Waals surface area contributed by atoms with Crippen LogP contribution in [-0.2, 0) is 4.74 Å². The molecule has 2 aromatic heterocycles. The molecule has 3 rings (SSSR count). The number of benzene rings is 1. The summed E-state index contributed by atoms with van der Waals surface area (Å²) < 4.78 is 6.44. The molecule has 2 heterocycles. The number of ether oxygens (including phenoxy) is 1. The van der Waals surface area contributed by atoms with Gasteiger partial charge in [0.15, 0.2) is 0 Å². The molecule has 1 unspecified atom stereocenters. The largest absolute Gasteiger partial charge is 0.465 e. The van der Waals surface area contributed by atoms with E-state index in [1.165, 1.54) is 13.4 Å². The van der Waals surface area contributed by atoms with Gasteiger partial charge < -0.3 is 15.0 Å². The normalized spacial score (nSPS) is 11.9. The van der Waals surface area contributed by atoms with Crippen molar-refractivity contribution in [3.63, 3.8) is 0 Å². The summed E-state index contributed by atoms with van der Waals surface area (Å²) in [6.07, 6.45) is 3.09. The molecule has 27 heavy (non-hydrogen) atoms. The van der Waals surface area contributed by atoms with E-state index in [1.54, 1.807) is 24.9 Å². The molecule has 1 amide bonds. The summed E-state index contributed by atoms with van der Waals surface area (Å²) in [7, 11) is 1.32. The topological polar surface area (TPSA) is 102 Å². The highest BCUT2D eigenvalue weighted by Crippen LogP contribution is 2.21. The van der Waals surface area contributed by atoms with Crippen LogP contribution < -0.4 is 5.32 Å². The van der Waals surface area contributed by atoms with Crippen LogP contribution in [0.15, 0.2) is 36.9 Å². The summed E-state index contributed by atoms with van der Waals surface area (Å²) in [5.74, 6) is -0.740. The molecule has 0 radical (unpaired) electrons. The third-order valence-electron chi connectivity index (χ3n) is 4.48. The number of H-pyrrole nitrogens is 1. The lowest BCUT2D eigenvalue weighted by atomic mass is 10.1. The molecule has 1 atom stereocenters. The first-order valence-electron chi connectivity index (χ1n) is 8.45. The number of amides is 1. The first-order valence-corrected chi connectivity index (χ1v) is 8.45. The molecule has 3 aromatic rings. The molecule has 1 aromatic carbocycles. The second kappa shape index (κ2) is 7.45. The van der Waals surface area contributed by atoms with E-state index in [0.717, 1.165) is 11.3 Å². The Kier molecular flexibility index (Phi) is 5.07. The fourth-order valence-corrected chi connectivity index (χ4v) is 2.99. The molecule has 0 aliphatic heterocycles. The average Bonchev–Trinajstić information content (AvgIpc) is 3.29. The summed E-state index contributed by atoms with van der Waals surface area (Å²) in [4.78, 5) is 31.4. The summed E-state index contributed by atoms with van der Waals surface area (Å²) in [6.45, 7) is 5.36. The molecule has 8 nitrogen and oxygen atoms in total. The van der Waals surface area contributed by atoms with Gasteiger partial charge in [-0.2, -0.15) is 5.10 Å². The van der Waals surface area contributed by atoms with Crippen molar-refractivity contribution in [3.8, 4) is 5.69 Å². The number of nitrogens with one attached hydrogen (secondary N) is 2. The molecule has 0 saturated heterocycles. The molecule has 0 spiro atoms. The quantitative estimate of drug-likeness (QED) is 0.675. The van der Waals surface area contributed by atoms with Crippen LogP contribution in [0, 0.1) is 13.8 Å². The Morgan fingerprint density at radius 1 is 1.22 bits per heavy atom. The van der Waals surface area contributed by atoms with Gasteiger partial charge in [0.2, 0.25) is 0 Å². The molecule has 8 heteroatoms. The fraction of sp³-hybridized carbons (Fsp3) is 0.263. The first kappa shape index (κ1) is 18.4. The van der Waals surface area contributed by atoms with Crippen molar-refractivity contribution >= 4 is 11.9 Å². The monoisotopic (exact) mass is 367 g/mol. The van der Waals surface area contributed by atoms with E-state index in [4.69, 9.17) is 4.74 Å². The van der Waals surface area contributed by atoms with Crippen molar-refractivity contribution in [2.45, 2.75) is 26.8 Å². The maximum absolute atomic E-state index is 12.7. The minimum absolute atomic E-state index is 0.216. The van der Waals surface area contributed by atoms with Crippen molar-refractivity contribution in [1.29, 1.82) is 0 Å². The zero-order chi connectivity index (χ0) is 19.6. The Morgan fingerprint density at radius 3 is 2.52 bits per heavy atom. The van der Waals surface area contributed by atoms with Crippen LogP contribution in [0.3, 0.4) is 0 Å². The third kappa shape index (κ3) is 3.59.